The molecule has 0 aliphatic rings. The summed E-state index contributed by atoms with van der Waals surface area (Å²) < 4.78 is 1.65. The lowest BCUT2D eigenvalue weighted by atomic mass is 10.1. The molecule has 0 aliphatic carbocycles. The number of benzene rings is 2. The molecular weight excluding hydrogens is 364 g/mol. The lowest BCUT2D eigenvalue weighted by Gasteiger charge is -2.16. The number of hydrogen-bond donors (Lipinski definition) is 3. The fourth-order valence-corrected chi connectivity index (χ4v) is 3.06. The van der Waals surface area contributed by atoms with Crippen LogP contribution in [0.4, 0.5) is 11.5 Å². The largest absolute Gasteiger partial charge is 0.394 e. The van der Waals surface area contributed by atoms with E-state index in [1.54, 1.807) is 10.9 Å². The molecule has 0 fully saturated rings. The van der Waals surface area contributed by atoms with Crippen molar-refractivity contribution in [2.45, 2.75) is 13.0 Å². The smallest absolute Gasteiger partial charge is 0.256 e. The first-order valence-electron chi connectivity index (χ1n) is 9.71. The van der Waals surface area contributed by atoms with E-state index in [0.717, 1.165) is 31.7 Å². The topological polar surface area (TPSA) is 88.2 Å². The highest BCUT2D eigenvalue weighted by atomic mass is 16.1. The quantitative estimate of drug-likeness (QED) is 0.487. The number of carbonyl (C=O) groups excluding carboxylic acids is 1. The SMILES string of the molecule is CNCCCN(C)Cc1ccc(C(=O)Nc2nn(-c3ccccc3)cc2N)cc1. The molecule has 0 aliphatic heterocycles. The Labute approximate surface area is 171 Å². The Morgan fingerprint density at radius 1 is 1.14 bits per heavy atom. The maximum absolute atomic E-state index is 12.6. The Hall–Kier alpha value is -3.16. The minimum Gasteiger partial charge on any atom is -0.394 e. The van der Waals surface area contributed by atoms with E-state index in [2.05, 4.69) is 27.7 Å². The molecule has 1 aromatic heterocycles. The third kappa shape index (κ3) is 5.66. The van der Waals surface area contributed by atoms with Crippen LogP contribution in [-0.4, -0.2) is 47.8 Å². The fourth-order valence-electron chi connectivity index (χ4n) is 3.06. The summed E-state index contributed by atoms with van der Waals surface area (Å²) >= 11 is 0. The van der Waals surface area contributed by atoms with Crippen LogP contribution in [0.5, 0.6) is 0 Å². The van der Waals surface area contributed by atoms with Gasteiger partial charge in [-0.25, -0.2) is 4.68 Å². The number of para-hydroxylation sites is 1. The molecule has 152 valence electrons. The molecule has 0 spiro atoms. The van der Waals surface area contributed by atoms with Gasteiger partial charge in [0.15, 0.2) is 5.82 Å². The molecule has 0 saturated carbocycles. The minimum atomic E-state index is -0.232. The van der Waals surface area contributed by atoms with Crippen molar-refractivity contribution in [1.82, 2.24) is 20.0 Å². The maximum atomic E-state index is 12.6. The van der Waals surface area contributed by atoms with Crippen LogP contribution in [0, 0.1) is 0 Å². The predicted octanol–water partition coefficient (Wildman–Crippen LogP) is 2.75. The number of amides is 1. The van der Waals surface area contributed by atoms with Crippen molar-refractivity contribution < 1.29 is 4.79 Å². The normalized spacial score (nSPS) is 11.0. The van der Waals surface area contributed by atoms with Gasteiger partial charge < -0.3 is 21.3 Å². The van der Waals surface area contributed by atoms with Crippen LogP contribution in [0.3, 0.4) is 0 Å². The Morgan fingerprint density at radius 3 is 2.55 bits per heavy atom. The Kier molecular flexibility index (Phi) is 6.99. The second-order valence-electron chi connectivity index (χ2n) is 7.06. The van der Waals surface area contributed by atoms with Crippen LogP contribution in [0.25, 0.3) is 5.69 Å². The van der Waals surface area contributed by atoms with Crippen LogP contribution in [-0.2, 0) is 6.54 Å². The van der Waals surface area contributed by atoms with Gasteiger partial charge in [-0.15, -0.1) is 5.10 Å². The molecule has 7 nitrogen and oxygen atoms in total. The van der Waals surface area contributed by atoms with Gasteiger partial charge in [0.2, 0.25) is 0 Å². The zero-order valence-corrected chi connectivity index (χ0v) is 16.9. The predicted molar refractivity (Wildman–Crippen MR) is 117 cm³/mol. The lowest BCUT2D eigenvalue weighted by molar-refractivity contribution is 0.102. The number of rotatable bonds is 9. The van der Waals surface area contributed by atoms with Gasteiger partial charge in [-0.2, -0.15) is 0 Å². The zero-order chi connectivity index (χ0) is 20.6. The van der Waals surface area contributed by atoms with Crippen LogP contribution in [0.15, 0.2) is 60.8 Å². The Balaban J connectivity index is 1.60. The third-order valence-corrected chi connectivity index (χ3v) is 4.63. The average Bonchev–Trinajstić information content (AvgIpc) is 3.09. The molecular formula is C22H28N6O. The molecule has 0 bridgehead atoms. The molecule has 3 aromatic rings. The van der Waals surface area contributed by atoms with Crippen molar-refractivity contribution in [3.8, 4) is 5.69 Å². The van der Waals surface area contributed by atoms with E-state index in [1.165, 1.54) is 5.56 Å². The first kappa shape index (κ1) is 20.6. The number of nitrogens with one attached hydrogen (secondary N) is 2. The summed E-state index contributed by atoms with van der Waals surface area (Å²) in [5.41, 5.74) is 9.06. The number of nitrogens with zero attached hydrogens (tertiary/aromatic N) is 3. The van der Waals surface area contributed by atoms with Crippen molar-refractivity contribution in [2.24, 2.45) is 0 Å². The molecule has 7 heteroatoms. The van der Waals surface area contributed by atoms with Crippen molar-refractivity contribution in [1.29, 1.82) is 0 Å². The molecule has 1 heterocycles. The van der Waals surface area contributed by atoms with Crippen LogP contribution in [0.1, 0.15) is 22.3 Å². The molecule has 1 amide bonds. The molecule has 0 unspecified atom stereocenters. The molecule has 4 N–H and O–H groups in total. The van der Waals surface area contributed by atoms with Crippen LogP contribution < -0.4 is 16.4 Å². The van der Waals surface area contributed by atoms with E-state index in [0.29, 0.717) is 17.1 Å². The van der Waals surface area contributed by atoms with Gasteiger partial charge in [-0.05, 0) is 63.4 Å². The zero-order valence-electron chi connectivity index (χ0n) is 16.9. The highest BCUT2D eigenvalue weighted by molar-refractivity contribution is 6.05. The molecule has 29 heavy (non-hydrogen) atoms. The highest BCUT2D eigenvalue weighted by Gasteiger charge is 2.12. The summed E-state index contributed by atoms with van der Waals surface area (Å²) in [5.74, 6) is 0.121. The second kappa shape index (κ2) is 9.86. The van der Waals surface area contributed by atoms with Crippen molar-refractivity contribution in [3.05, 3.63) is 71.9 Å². The van der Waals surface area contributed by atoms with Gasteiger partial charge in [0.25, 0.3) is 5.91 Å². The lowest BCUT2D eigenvalue weighted by Crippen LogP contribution is -2.22. The molecule has 0 saturated heterocycles. The number of nitrogen functional groups attached to an aromatic ring is 1. The molecule has 2 aromatic carbocycles. The van der Waals surface area contributed by atoms with E-state index >= 15 is 0 Å². The van der Waals surface area contributed by atoms with E-state index in [-0.39, 0.29) is 5.91 Å². The fraction of sp³-hybridized carbons (Fsp3) is 0.273. The van der Waals surface area contributed by atoms with E-state index in [4.69, 9.17) is 5.73 Å². The molecule has 0 radical (unpaired) electrons. The van der Waals surface area contributed by atoms with Crippen molar-refractivity contribution in [2.75, 3.05) is 38.2 Å². The van der Waals surface area contributed by atoms with E-state index in [1.807, 2.05) is 61.6 Å². The first-order valence-corrected chi connectivity index (χ1v) is 9.71. The van der Waals surface area contributed by atoms with Gasteiger partial charge in [-0.3, -0.25) is 4.79 Å². The number of aromatic nitrogens is 2. The molecule has 3 rings (SSSR count). The van der Waals surface area contributed by atoms with Gasteiger partial charge in [0.05, 0.1) is 17.6 Å². The Bertz CT molecular complexity index is 920. The van der Waals surface area contributed by atoms with Crippen molar-refractivity contribution >= 4 is 17.4 Å². The van der Waals surface area contributed by atoms with Crippen molar-refractivity contribution in [3.63, 3.8) is 0 Å². The van der Waals surface area contributed by atoms with E-state index in [9.17, 15) is 4.79 Å². The van der Waals surface area contributed by atoms with E-state index < -0.39 is 0 Å². The highest BCUT2D eigenvalue weighted by Crippen LogP contribution is 2.19. The number of carbonyl (C=O) groups is 1. The van der Waals surface area contributed by atoms with Gasteiger partial charge in [-0.1, -0.05) is 30.3 Å². The summed E-state index contributed by atoms with van der Waals surface area (Å²) in [6.45, 7) is 2.87. The average molecular weight is 393 g/mol. The maximum Gasteiger partial charge on any atom is 0.256 e. The van der Waals surface area contributed by atoms with Crippen LogP contribution >= 0.6 is 0 Å². The summed E-state index contributed by atoms with van der Waals surface area (Å²) in [4.78, 5) is 14.9. The van der Waals surface area contributed by atoms with Crippen LogP contribution in [0.2, 0.25) is 0 Å². The monoisotopic (exact) mass is 392 g/mol. The number of hydrogen-bond acceptors (Lipinski definition) is 5. The Morgan fingerprint density at radius 2 is 1.86 bits per heavy atom. The number of nitrogens with two attached hydrogens (primary N) is 1. The van der Waals surface area contributed by atoms with Gasteiger partial charge in [0, 0.05) is 12.1 Å². The summed E-state index contributed by atoms with van der Waals surface area (Å²) in [7, 11) is 4.06. The summed E-state index contributed by atoms with van der Waals surface area (Å²) in [6.07, 6.45) is 2.79. The van der Waals surface area contributed by atoms with Gasteiger partial charge >= 0.3 is 0 Å². The third-order valence-electron chi connectivity index (χ3n) is 4.63. The molecule has 0 atom stereocenters. The first-order chi connectivity index (χ1) is 14.1. The minimum absolute atomic E-state index is 0.232. The van der Waals surface area contributed by atoms with Gasteiger partial charge in [0.1, 0.15) is 0 Å². The second-order valence-corrected chi connectivity index (χ2v) is 7.06. The standard InChI is InChI=1S/C22H28N6O/c1-24-13-6-14-27(2)15-17-9-11-18(12-10-17)22(29)25-21-20(23)16-28(26-21)19-7-4-3-5-8-19/h3-5,7-12,16,24H,6,13-15,23H2,1-2H3,(H,25,26,29). The number of anilines is 2. The summed E-state index contributed by atoms with van der Waals surface area (Å²) in [6, 6.07) is 17.2. The summed E-state index contributed by atoms with van der Waals surface area (Å²) in [5, 5.41) is 10.3.